The van der Waals surface area contributed by atoms with E-state index in [1.807, 2.05) is 13.0 Å². The van der Waals surface area contributed by atoms with Crippen molar-refractivity contribution in [3.63, 3.8) is 0 Å². The summed E-state index contributed by atoms with van der Waals surface area (Å²) in [5, 5.41) is 0. The Morgan fingerprint density at radius 1 is 1.21 bits per heavy atom. The van der Waals surface area contributed by atoms with Gasteiger partial charge in [0.2, 0.25) is 5.91 Å². The molecule has 7 nitrogen and oxygen atoms in total. The second-order valence-corrected chi connectivity index (χ2v) is 9.89. The third kappa shape index (κ3) is 3.50. The van der Waals surface area contributed by atoms with Crippen molar-refractivity contribution >= 4 is 27.2 Å². The molecule has 0 N–H and O–H groups in total. The Bertz CT molecular complexity index is 1050. The largest absolute Gasteiger partial charge is 0.340 e. The highest BCUT2D eigenvalue weighted by Gasteiger charge is 2.41. The molecule has 0 saturated heterocycles. The first-order valence-electron chi connectivity index (χ1n) is 10.0. The van der Waals surface area contributed by atoms with Crippen LogP contribution in [0, 0.1) is 0 Å². The summed E-state index contributed by atoms with van der Waals surface area (Å²) in [6.07, 6.45) is 7.99. The summed E-state index contributed by atoms with van der Waals surface area (Å²) >= 11 is 0. The van der Waals surface area contributed by atoms with Gasteiger partial charge in [-0.05, 0) is 31.4 Å². The standard InChI is InChI=1S/C21H26N4O3S/c1-4-17-21(26)24(2)18-13-22-19(14-8-7-11-16(12-14)29(3,27)28)23-20(18)25(17)15-9-5-6-10-15/h7-8,11-13,15,17H,4-6,9-10H2,1-3H3/t17-/m1/s1. The maximum absolute atomic E-state index is 13.0. The van der Waals surface area contributed by atoms with E-state index in [2.05, 4.69) is 9.88 Å². The van der Waals surface area contributed by atoms with Gasteiger partial charge in [-0.25, -0.2) is 18.4 Å². The van der Waals surface area contributed by atoms with Crippen LogP contribution in [0.4, 0.5) is 11.5 Å². The molecule has 1 aromatic heterocycles. The number of carbonyl (C=O) groups excluding carboxylic acids is 1. The van der Waals surface area contributed by atoms with Crippen molar-refractivity contribution in [1.82, 2.24) is 9.97 Å². The molecule has 1 aliphatic carbocycles. The van der Waals surface area contributed by atoms with E-state index in [1.54, 1.807) is 36.3 Å². The fourth-order valence-corrected chi connectivity index (χ4v) is 5.05. The molecule has 0 spiro atoms. The van der Waals surface area contributed by atoms with Gasteiger partial charge in [0.25, 0.3) is 0 Å². The van der Waals surface area contributed by atoms with Gasteiger partial charge >= 0.3 is 0 Å². The smallest absolute Gasteiger partial charge is 0.249 e. The molecular weight excluding hydrogens is 388 g/mol. The zero-order chi connectivity index (χ0) is 20.8. The molecule has 2 aromatic rings. The Labute approximate surface area is 171 Å². The average molecular weight is 415 g/mol. The first-order chi connectivity index (χ1) is 13.8. The highest BCUT2D eigenvalue weighted by atomic mass is 32.2. The van der Waals surface area contributed by atoms with Crippen LogP contribution >= 0.6 is 0 Å². The van der Waals surface area contributed by atoms with Crippen LogP contribution in [0.1, 0.15) is 39.0 Å². The molecule has 0 bridgehead atoms. The van der Waals surface area contributed by atoms with Crippen molar-refractivity contribution < 1.29 is 13.2 Å². The first-order valence-corrected chi connectivity index (χ1v) is 11.9. The van der Waals surface area contributed by atoms with E-state index in [-0.39, 0.29) is 16.8 Å². The molecule has 0 unspecified atom stereocenters. The van der Waals surface area contributed by atoms with Gasteiger partial charge in [-0.15, -0.1) is 0 Å². The Morgan fingerprint density at radius 2 is 1.93 bits per heavy atom. The molecule has 8 heteroatoms. The molecule has 1 fully saturated rings. The Morgan fingerprint density at radius 3 is 2.59 bits per heavy atom. The zero-order valence-electron chi connectivity index (χ0n) is 17.0. The van der Waals surface area contributed by atoms with E-state index in [9.17, 15) is 13.2 Å². The lowest BCUT2D eigenvalue weighted by Crippen LogP contribution is -2.55. The van der Waals surface area contributed by atoms with Gasteiger partial charge in [-0.1, -0.05) is 31.9 Å². The van der Waals surface area contributed by atoms with Gasteiger partial charge < -0.3 is 9.80 Å². The van der Waals surface area contributed by atoms with E-state index < -0.39 is 9.84 Å². The van der Waals surface area contributed by atoms with E-state index in [0.717, 1.165) is 31.5 Å². The maximum Gasteiger partial charge on any atom is 0.249 e. The molecule has 1 saturated carbocycles. The van der Waals surface area contributed by atoms with Gasteiger partial charge in [0.15, 0.2) is 21.5 Å². The number of likely N-dealkylation sites (N-methyl/N-ethyl adjacent to an activating group) is 1. The lowest BCUT2D eigenvalue weighted by Gasteiger charge is -2.43. The number of anilines is 2. The SMILES string of the molecule is CC[C@@H]1C(=O)N(C)c2cnc(-c3cccc(S(C)(=O)=O)c3)nc2N1C1CCCC1. The molecule has 154 valence electrons. The normalized spacial score (nSPS) is 20.2. The van der Waals surface area contributed by atoms with Gasteiger partial charge in [0, 0.05) is 24.9 Å². The number of benzene rings is 1. The third-order valence-corrected chi connectivity index (χ3v) is 7.04. The number of hydrogen-bond acceptors (Lipinski definition) is 6. The summed E-state index contributed by atoms with van der Waals surface area (Å²) in [7, 11) is -1.56. The van der Waals surface area contributed by atoms with Gasteiger partial charge in [0.05, 0.1) is 11.1 Å². The van der Waals surface area contributed by atoms with Crippen molar-refractivity contribution in [1.29, 1.82) is 0 Å². The quantitative estimate of drug-likeness (QED) is 0.765. The van der Waals surface area contributed by atoms with Gasteiger partial charge in [0.1, 0.15) is 11.7 Å². The summed E-state index contributed by atoms with van der Waals surface area (Å²) in [5.74, 6) is 1.30. The number of fused-ring (bicyclic) bond motifs is 1. The summed E-state index contributed by atoms with van der Waals surface area (Å²) in [4.78, 5) is 26.3. The molecule has 2 aliphatic rings. The van der Waals surface area contributed by atoms with Crippen LogP contribution in [-0.2, 0) is 14.6 Å². The number of rotatable bonds is 4. The van der Waals surface area contributed by atoms with Crippen molar-refractivity contribution in [3.05, 3.63) is 30.5 Å². The van der Waals surface area contributed by atoms with Crippen molar-refractivity contribution in [3.8, 4) is 11.4 Å². The number of nitrogens with zero attached hydrogens (tertiary/aromatic N) is 4. The Balaban J connectivity index is 1.84. The van der Waals surface area contributed by atoms with Crippen LogP contribution in [0.25, 0.3) is 11.4 Å². The van der Waals surface area contributed by atoms with Crippen molar-refractivity contribution in [2.24, 2.45) is 0 Å². The molecular formula is C21H26N4O3S. The average Bonchev–Trinajstić information content (AvgIpc) is 3.24. The van der Waals surface area contributed by atoms with Crippen LogP contribution in [0.2, 0.25) is 0 Å². The molecule has 2 heterocycles. The molecule has 1 amide bonds. The maximum atomic E-state index is 13.0. The monoisotopic (exact) mass is 414 g/mol. The first kappa shape index (κ1) is 19.8. The minimum atomic E-state index is -3.32. The number of aromatic nitrogens is 2. The molecule has 1 atom stereocenters. The summed E-state index contributed by atoms with van der Waals surface area (Å²) in [6.45, 7) is 2.03. The number of amides is 1. The molecule has 1 aromatic carbocycles. The predicted molar refractivity (Wildman–Crippen MR) is 113 cm³/mol. The van der Waals surface area contributed by atoms with Gasteiger partial charge in [-0.3, -0.25) is 4.79 Å². The zero-order valence-corrected chi connectivity index (χ0v) is 17.8. The van der Waals surface area contributed by atoms with E-state index in [0.29, 0.717) is 29.5 Å². The number of carbonyl (C=O) groups is 1. The third-order valence-electron chi connectivity index (χ3n) is 5.93. The highest BCUT2D eigenvalue weighted by Crippen LogP contribution is 2.40. The van der Waals surface area contributed by atoms with E-state index >= 15 is 0 Å². The number of hydrogen-bond donors (Lipinski definition) is 0. The molecule has 4 rings (SSSR count). The van der Waals surface area contributed by atoms with E-state index in [1.165, 1.54) is 6.26 Å². The Hall–Kier alpha value is -2.48. The lowest BCUT2D eigenvalue weighted by atomic mass is 10.0. The van der Waals surface area contributed by atoms with Gasteiger partial charge in [-0.2, -0.15) is 0 Å². The highest BCUT2D eigenvalue weighted by molar-refractivity contribution is 7.90. The minimum absolute atomic E-state index is 0.0716. The Kier molecular flexibility index (Phi) is 5.06. The number of sulfone groups is 1. The van der Waals surface area contributed by atoms with Crippen molar-refractivity contribution in [2.75, 3.05) is 23.1 Å². The predicted octanol–water partition coefficient (Wildman–Crippen LogP) is 3.05. The summed E-state index contributed by atoms with van der Waals surface area (Å²) in [5.41, 5.74) is 1.35. The van der Waals surface area contributed by atoms with Crippen LogP contribution in [-0.4, -0.2) is 49.7 Å². The van der Waals surface area contributed by atoms with Crippen LogP contribution in [0.15, 0.2) is 35.4 Å². The van der Waals surface area contributed by atoms with Crippen molar-refractivity contribution in [2.45, 2.75) is 56.0 Å². The fourth-order valence-electron chi connectivity index (χ4n) is 4.39. The summed E-state index contributed by atoms with van der Waals surface area (Å²) < 4.78 is 23.9. The molecule has 1 aliphatic heterocycles. The van der Waals surface area contributed by atoms with Crippen LogP contribution < -0.4 is 9.80 Å². The second-order valence-electron chi connectivity index (χ2n) is 7.87. The van der Waals surface area contributed by atoms with Crippen LogP contribution in [0.5, 0.6) is 0 Å². The topological polar surface area (TPSA) is 83.5 Å². The van der Waals surface area contributed by atoms with Crippen LogP contribution in [0.3, 0.4) is 0 Å². The second kappa shape index (κ2) is 7.40. The minimum Gasteiger partial charge on any atom is -0.340 e. The summed E-state index contributed by atoms with van der Waals surface area (Å²) in [6, 6.07) is 6.74. The van der Waals surface area contributed by atoms with E-state index in [4.69, 9.17) is 4.98 Å². The molecule has 29 heavy (non-hydrogen) atoms. The molecule has 0 radical (unpaired) electrons. The lowest BCUT2D eigenvalue weighted by molar-refractivity contribution is -0.120. The fraction of sp³-hybridized carbons (Fsp3) is 0.476.